The minimum Gasteiger partial charge on any atom is -0.481 e. The lowest BCUT2D eigenvalue weighted by Crippen LogP contribution is -2.00. The summed E-state index contributed by atoms with van der Waals surface area (Å²) in [7, 11) is 3.47. The number of aromatic nitrogens is 4. The Hall–Kier alpha value is -2.11. The Bertz CT molecular complexity index is 535. The van der Waals surface area contributed by atoms with Crippen LogP contribution in [-0.2, 0) is 7.05 Å². The van der Waals surface area contributed by atoms with Crippen molar-refractivity contribution < 1.29 is 4.74 Å². The molecule has 0 bridgehead atoms. The maximum atomic E-state index is 5.15. The summed E-state index contributed by atoms with van der Waals surface area (Å²) in [5.74, 6) is 1.30. The fourth-order valence-corrected chi connectivity index (χ4v) is 1.62. The molecule has 17 heavy (non-hydrogen) atoms. The van der Waals surface area contributed by atoms with Gasteiger partial charge in [0.25, 0.3) is 0 Å². The molecule has 0 aliphatic heterocycles. The van der Waals surface area contributed by atoms with Crippen molar-refractivity contribution in [1.82, 2.24) is 19.7 Å². The van der Waals surface area contributed by atoms with E-state index < -0.39 is 0 Å². The van der Waals surface area contributed by atoms with Gasteiger partial charge in [0.15, 0.2) is 0 Å². The number of anilines is 2. The summed E-state index contributed by atoms with van der Waals surface area (Å²) in [5, 5.41) is 7.48. The van der Waals surface area contributed by atoms with Crippen LogP contribution in [0.3, 0.4) is 0 Å². The molecule has 0 aliphatic carbocycles. The Morgan fingerprint density at radius 3 is 2.65 bits per heavy atom. The zero-order valence-electron chi connectivity index (χ0n) is 10.4. The Labute approximate surface area is 99.7 Å². The third-order valence-electron chi connectivity index (χ3n) is 2.50. The summed E-state index contributed by atoms with van der Waals surface area (Å²) in [4.78, 5) is 8.23. The largest absolute Gasteiger partial charge is 0.481 e. The Kier molecular flexibility index (Phi) is 2.95. The lowest BCUT2D eigenvalue weighted by atomic mass is 10.3. The summed E-state index contributed by atoms with van der Waals surface area (Å²) in [6.07, 6.45) is 3.38. The smallest absolute Gasteiger partial charge is 0.221 e. The Morgan fingerprint density at radius 2 is 2.06 bits per heavy atom. The van der Waals surface area contributed by atoms with Crippen LogP contribution in [0.15, 0.2) is 12.5 Å². The molecule has 2 rings (SSSR count). The zero-order valence-corrected chi connectivity index (χ0v) is 10.4. The number of nitrogens with zero attached hydrogens (tertiary/aromatic N) is 4. The van der Waals surface area contributed by atoms with Crippen LogP contribution in [0.2, 0.25) is 0 Å². The van der Waals surface area contributed by atoms with Gasteiger partial charge in [-0.2, -0.15) is 5.10 Å². The second-order valence-electron chi connectivity index (χ2n) is 3.78. The maximum Gasteiger partial charge on any atom is 0.221 e. The van der Waals surface area contributed by atoms with E-state index in [1.807, 2.05) is 27.1 Å². The molecule has 0 saturated heterocycles. The van der Waals surface area contributed by atoms with Crippen LogP contribution in [0.25, 0.3) is 0 Å². The van der Waals surface area contributed by atoms with Crippen molar-refractivity contribution in [1.29, 1.82) is 0 Å². The molecule has 6 nitrogen and oxygen atoms in total. The third kappa shape index (κ3) is 2.20. The van der Waals surface area contributed by atoms with Crippen molar-refractivity contribution in [3.63, 3.8) is 0 Å². The standard InChI is InChI=1S/C11H15N5O/c1-7-10(12-6-13-11(7)17-4)14-9-5-16(3)15-8(9)2/h5-6H,1-4H3,(H,12,13,14). The molecule has 0 atom stereocenters. The third-order valence-corrected chi connectivity index (χ3v) is 2.50. The average Bonchev–Trinajstić information content (AvgIpc) is 2.60. The van der Waals surface area contributed by atoms with E-state index >= 15 is 0 Å². The highest BCUT2D eigenvalue weighted by Gasteiger charge is 2.09. The molecule has 0 aliphatic rings. The van der Waals surface area contributed by atoms with E-state index in [2.05, 4.69) is 20.4 Å². The van der Waals surface area contributed by atoms with Gasteiger partial charge in [-0.25, -0.2) is 9.97 Å². The molecule has 2 heterocycles. The molecular weight excluding hydrogens is 218 g/mol. The predicted molar refractivity (Wildman–Crippen MR) is 64.5 cm³/mol. The van der Waals surface area contributed by atoms with Gasteiger partial charge >= 0.3 is 0 Å². The molecule has 6 heteroatoms. The first-order valence-electron chi connectivity index (χ1n) is 5.24. The van der Waals surface area contributed by atoms with E-state index in [4.69, 9.17) is 4.74 Å². The van der Waals surface area contributed by atoms with Gasteiger partial charge in [0, 0.05) is 13.2 Å². The van der Waals surface area contributed by atoms with Crippen molar-refractivity contribution in [2.45, 2.75) is 13.8 Å². The van der Waals surface area contributed by atoms with Gasteiger partial charge in [-0.3, -0.25) is 4.68 Å². The predicted octanol–water partition coefficient (Wildman–Crippen LogP) is 1.58. The number of hydrogen-bond acceptors (Lipinski definition) is 5. The van der Waals surface area contributed by atoms with E-state index in [1.165, 1.54) is 6.33 Å². The average molecular weight is 233 g/mol. The molecule has 2 aromatic heterocycles. The summed E-state index contributed by atoms with van der Waals surface area (Å²) in [6.45, 7) is 3.85. The number of aryl methyl sites for hydroxylation is 2. The van der Waals surface area contributed by atoms with Crippen LogP contribution in [0.5, 0.6) is 5.88 Å². The minimum absolute atomic E-state index is 0.573. The molecule has 0 unspecified atom stereocenters. The molecular formula is C11H15N5O. The topological polar surface area (TPSA) is 64.9 Å². The molecule has 2 aromatic rings. The van der Waals surface area contributed by atoms with Crippen molar-refractivity contribution >= 4 is 11.5 Å². The summed E-state index contributed by atoms with van der Waals surface area (Å²) >= 11 is 0. The van der Waals surface area contributed by atoms with Gasteiger partial charge in [0.2, 0.25) is 5.88 Å². The van der Waals surface area contributed by atoms with E-state index in [9.17, 15) is 0 Å². The van der Waals surface area contributed by atoms with Crippen molar-refractivity contribution in [2.75, 3.05) is 12.4 Å². The molecule has 0 fully saturated rings. The Morgan fingerprint density at radius 1 is 1.29 bits per heavy atom. The van der Waals surface area contributed by atoms with Crippen LogP contribution in [0.1, 0.15) is 11.3 Å². The maximum absolute atomic E-state index is 5.15. The molecule has 0 aromatic carbocycles. The second-order valence-corrected chi connectivity index (χ2v) is 3.78. The van der Waals surface area contributed by atoms with Gasteiger partial charge < -0.3 is 10.1 Å². The van der Waals surface area contributed by atoms with Gasteiger partial charge in [0.1, 0.15) is 12.1 Å². The molecule has 1 N–H and O–H groups in total. The molecule has 0 saturated carbocycles. The van der Waals surface area contributed by atoms with Gasteiger partial charge in [-0.15, -0.1) is 0 Å². The highest BCUT2D eigenvalue weighted by molar-refractivity contribution is 5.61. The summed E-state index contributed by atoms with van der Waals surface area (Å²) < 4.78 is 6.90. The fourth-order valence-electron chi connectivity index (χ4n) is 1.62. The normalized spacial score (nSPS) is 10.4. The number of ether oxygens (including phenoxy) is 1. The number of methoxy groups -OCH3 is 1. The number of rotatable bonds is 3. The van der Waals surface area contributed by atoms with Crippen LogP contribution in [0, 0.1) is 13.8 Å². The fraction of sp³-hybridized carbons (Fsp3) is 0.364. The van der Waals surface area contributed by atoms with Crippen LogP contribution in [0.4, 0.5) is 11.5 Å². The monoisotopic (exact) mass is 233 g/mol. The molecule has 90 valence electrons. The van der Waals surface area contributed by atoms with E-state index in [1.54, 1.807) is 11.8 Å². The van der Waals surface area contributed by atoms with Crippen LogP contribution < -0.4 is 10.1 Å². The second kappa shape index (κ2) is 4.40. The Balaban J connectivity index is 2.33. The highest BCUT2D eigenvalue weighted by Crippen LogP contribution is 2.24. The lowest BCUT2D eigenvalue weighted by molar-refractivity contribution is 0.394. The molecule has 0 radical (unpaired) electrons. The number of hydrogen-bond donors (Lipinski definition) is 1. The van der Waals surface area contributed by atoms with Gasteiger partial charge in [-0.1, -0.05) is 0 Å². The molecule has 0 amide bonds. The summed E-state index contributed by atoms with van der Waals surface area (Å²) in [6, 6.07) is 0. The first-order chi connectivity index (χ1) is 8.11. The van der Waals surface area contributed by atoms with E-state index in [-0.39, 0.29) is 0 Å². The molecule has 0 spiro atoms. The first-order valence-corrected chi connectivity index (χ1v) is 5.24. The SMILES string of the molecule is COc1ncnc(Nc2cn(C)nc2C)c1C. The summed E-state index contributed by atoms with van der Waals surface area (Å²) in [5.41, 5.74) is 2.72. The lowest BCUT2D eigenvalue weighted by Gasteiger charge is -2.09. The zero-order chi connectivity index (χ0) is 12.4. The van der Waals surface area contributed by atoms with Gasteiger partial charge in [0.05, 0.1) is 24.1 Å². The highest BCUT2D eigenvalue weighted by atomic mass is 16.5. The van der Waals surface area contributed by atoms with E-state index in [0.29, 0.717) is 5.88 Å². The van der Waals surface area contributed by atoms with Crippen LogP contribution in [-0.4, -0.2) is 26.9 Å². The van der Waals surface area contributed by atoms with E-state index in [0.717, 1.165) is 22.8 Å². The number of nitrogens with one attached hydrogen (secondary N) is 1. The van der Waals surface area contributed by atoms with Gasteiger partial charge in [-0.05, 0) is 13.8 Å². The minimum atomic E-state index is 0.573. The van der Waals surface area contributed by atoms with Crippen molar-refractivity contribution in [2.24, 2.45) is 7.05 Å². The van der Waals surface area contributed by atoms with Crippen molar-refractivity contribution in [3.8, 4) is 5.88 Å². The first kappa shape index (κ1) is 11.4. The van der Waals surface area contributed by atoms with Crippen LogP contribution >= 0.6 is 0 Å². The quantitative estimate of drug-likeness (QED) is 0.871. The van der Waals surface area contributed by atoms with Crippen molar-refractivity contribution in [3.05, 3.63) is 23.8 Å².